The standard InChI is InChI=1S/C23H21NO2/c1-2-3-13-26-21-15-20-18(14-17-11-7-8-12-19(17)24-20)23(25)22(21)16-9-5-4-6-10-16/h4-12,14-15,22H,2-3,13H2,1H3. The lowest BCUT2D eigenvalue weighted by Crippen LogP contribution is -2.22. The molecule has 1 heterocycles. The minimum absolute atomic E-state index is 0.0541. The van der Waals surface area contributed by atoms with Gasteiger partial charge in [0.25, 0.3) is 0 Å². The second kappa shape index (κ2) is 7.12. The Morgan fingerprint density at radius 1 is 1.04 bits per heavy atom. The Kier molecular flexibility index (Phi) is 4.53. The zero-order valence-electron chi connectivity index (χ0n) is 14.8. The Morgan fingerprint density at radius 2 is 1.81 bits per heavy atom. The maximum absolute atomic E-state index is 13.3. The Labute approximate surface area is 153 Å². The monoisotopic (exact) mass is 343 g/mol. The molecule has 0 spiro atoms. The first-order valence-corrected chi connectivity index (χ1v) is 9.11. The summed E-state index contributed by atoms with van der Waals surface area (Å²) in [7, 11) is 0. The number of ether oxygens (including phenoxy) is 1. The van der Waals surface area contributed by atoms with Gasteiger partial charge in [-0.3, -0.25) is 4.79 Å². The third-order valence-corrected chi connectivity index (χ3v) is 4.74. The number of hydrogen-bond acceptors (Lipinski definition) is 3. The predicted octanol–water partition coefficient (Wildman–Crippen LogP) is 5.37. The second-order valence-electron chi connectivity index (χ2n) is 6.57. The van der Waals surface area contributed by atoms with Crippen molar-refractivity contribution < 1.29 is 9.53 Å². The van der Waals surface area contributed by atoms with E-state index in [0.717, 1.165) is 29.3 Å². The lowest BCUT2D eigenvalue weighted by molar-refractivity contribution is 0.0925. The number of Topliss-reactive ketones (excluding diaryl/α,β-unsaturated/α-hetero) is 1. The number of fused-ring (bicyclic) bond motifs is 2. The fourth-order valence-corrected chi connectivity index (χ4v) is 3.36. The summed E-state index contributed by atoms with van der Waals surface area (Å²) < 4.78 is 6.03. The minimum Gasteiger partial charge on any atom is -0.497 e. The molecule has 1 aromatic heterocycles. The van der Waals surface area contributed by atoms with Crippen LogP contribution in [-0.2, 0) is 4.74 Å². The summed E-state index contributed by atoms with van der Waals surface area (Å²) in [5.41, 5.74) is 3.22. The third kappa shape index (κ3) is 3.01. The summed E-state index contributed by atoms with van der Waals surface area (Å²) in [6, 6.07) is 19.7. The van der Waals surface area contributed by atoms with Crippen molar-refractivity contribution in [1.29, 1.82) is 0 Å². The summed E-state index contributed by atoms with van der Waals surface area (Å²) >= 11 is 0. The van der Waals surface area contributed by atoms with E-state index in [-0.39, 0.29) is 5.78 Å². The van der Waals surface area contributed by atoms with E-state index in [2.05, 4.69) is 6.92 Å². The summed E-state index contributed by atoms with van der Waals surface area (Å²) in [5.74, 6) is 0.354. The molecule has 0 radical (unpaired) electrons. The fourth-order valence-electron chi connectivity index (χ4n) is 3.36. The number of ketones is 1. The van der Waals surface area contributed by atoms with Crippen LogP contribution in [0.4, 0.5) is 0 Å². The van der Waals surface area contributed by atoms with Crippen LogP contribution in [0.15, 0.2) is 66.4 Å². The van der Waals surface area contributed by atoms with Gasteiger partial charge >= 0.3 is 0 Å². The Hall–Kier alpha value is -2.94. The quantitative estimate of drug-likeness (QED) is 0.584. The van der Waals surface area contributed by atoms with Crippen molar-refractivity contribution in [2.45, 2.75) is 25.7 Å². The number of para-hydroxylation sites is 1. The number of allylic oxidation sites excluding steroid dienone is 1. The lowest BCUT2D eigenvalue weighted by atomic mass is 9.83. The van der Waals surface area contributed by atoms with Crippen molar-refractivity contribution in [3.63, 3.8) is 0 Å². The first kappa shape index (κ1) is 16.5. The third-order valence-electron chi connectivity index (χ3n) is 4.74. The normalized spacial score (nSPS) is 16.3. The first-order chi connectivity index (χ1) is 12.8. The van der Waals surface area contributed by atoms with Crippen LogP contribution >= 0.6 is 0 Å². The van der Waals surface area contributed by atoms with Crippen molar-refractivity contribution in [2.75, 3.05) is 6.61 Å². The summed E-state index contributed by atoms with van der Waals surface area (Å²) in [5, 5.41) is 0.982. The molecule has 4 rings (SSSR count). The Balaban J connectivity index is 1.83. The van der Waals surface area contributed by atoms with Crippen LogP contribution in [0.5, 0.6) is 0 Å². The van der Waals surface area contributed by atoms with Gasteiger partial charge in [-0.15, -0.1) is 0 Å². The van der Waals surface area contributed by atoms with Gasteiger partial charge < -0.3 is 4.74 Å². The summed E-state index contributed by atoms with van der Waals surface area (Å²) in [6.45, 7) is 2.74. The molecule has 0 aliphatic heterocycles. The van der Waals surface area contributed by atoms with Crippen LogP contribution in [0.25, 0.3) is 17.0 Å². The molecule has 2 aromatic carbocycles. The molecule has 1 aliphatic rings. The number of pyridine rings is 1. The van der Waals surface area contributed by atoms with Gasteiger partial charge in [0.2, 0.25) is 0 Å². The van der Waals surface area contributed by atoms with E-state index in [4.69, 9.17) is 9.72 Å². The number of aromatic nitrogens is 1. The zero-order chi connectivity index (χ0) is 17.9. The van der Waals surface area contributed by atoms with E-state index in [9.17, 15) is 4.79 Å². The maximum Gasteiger partial charge on any atom is 0.180 e. The van der Waals surface area contributed by atoms with Crippen molar-refractivity contribution in [2.24, 2.45) is 0 Å². The number of benzene rings is 2. The van der Waals surface area contributed by atoms with Crippen molar-refractivity contribution in [1.82, 2.24) is 4.98 Å². The SMILES string of the molecule is CCCCOC1=Cc2nc3ccccc3cc2C(=O)C1c1ccccc1. The zero-order valence-corrected chi connectivity index (χ0v) is 14.8. The van der Waals surface area contributed by atoms with E-state index < -0.39 is 5.92 Å². The summed E-state index contributed by atoms with van der Waals surface area (Å²) in [6.07, 6.45) is 3.96. The molecule has 0 saturated heterocycles. The highest BCUT2D eigenvalue weighted by atomic mass is 16.5. The number of carbonyl (C=O) groups excluding carboxylic acids is 1. The number of rotatable bonds is 5. The molecule has 1 atom stereocenters. The van der Waals surface area contributed by atoms with Crippen LogP contribution in [0.1, 0.15) is 47.3 Å². The average molecular weight is 343 g/mol. The highest BCUT2D eigenvalue weighted by Crippen LogP contribution is 2.36. The van der Waals surface area contributed by atoms with Gasteiger partial charge in [-0.1, -0.05) is 61.9 Å². The fraction of sp³-hybridized carbons (Fsp3) is 0.217. The number of hydrogen-bond donors (Lipinski definition) is 0. The van der Waals surface area contributed by atoms with Gasteiger partial charge in [0.1, 0.15) is 11.7 Å². The van der Waals surface area contributed by atoms with Crippen LogP contribution in [0, 0.1) is 0 Å². The van der Waals surface area contributed by atoms with Crippen molar-refractivity contribution >= 4 is 22.8 Å². The Morgan fingerprint density at radius 3 is 2.62 bits per heavy atom. The highest BCUT2D eigenvalue weighted by Gasteiger charge is 2.33. The van der Waals surface area contributed by atoms with Gasteiger partial charge in [-0.05, 0) is 24.1 Å². The Bertz CT molecular complexity index is 976. The lowest BCUT2D eigenvalue weighted by Gasteiger charge is -2.25. The van der Waals surface area contributed by atoms with Gasteiger partial charge in [-0.2, -0.15) is 0 Å². The van der Waals surface area contributed by atoms with Gasteiger partial charge in [0.05, 0.1) is 17.8 Å². The topological polar surface area (TPSA) is 39.2 Å². The van der Waals surface area contributed by atoms with E-state index in [1.807, 2.05) is 66.7 Å². The molecule has 0 amide bonds. The highest BCUT2D eigenvalue weighted by molar-refractivity contribution is 6.09. The largest absolute Gasteiger partial charge is 0.497 e. The van der Waals surface area contributed by atoms with Gasteiger partial charge in [0.15, 0.2) is 5.78 Å². The number of unbranched alkanes of at least 4 members (excludes halogenated alkanes) is 1. The molecule has 1 aliphatic carbocycles. The molecule has 3 aromatic rings. The maximum atomic E-state index is 13.3. The van der Waals surface area contributed by atoms with Crippen LogP contribution in [0.2, 0.25) is 0 Å². The molecule has 1 unspecified atom stereocenters. The molecular weight excluding hydrogens is 322 g/mol. The van der Waals surface area contributed by atoms with Gasteiger partial charge in [-0.25, -0.2) is 4.98 Å². The molecule has 3 heteroatoms. The average Bonchev–Trinajstić information content (AvgIpc) is 2.68. The second-order valence-corrected chi connectivity index (χ2v) is 6.57. The molecular formula is C23H21NO2. The molecule has 3 nitrogen and oxygen atoms in total. The molecule has 26 heavy (non-hydrogen) atoms. The molecule has 0 fully saturated rings. The summed E-state index contributed by atoms with van der Waals surface area (Å²) in [4.78, 5) is 18.0. The van der Waals surface area contributed by atoms with E-state index in [1.165, 1.54) is 0 Å². The number of nitrogens with zero attached hydrogens (tertiary/aromatic N) is 1. The number of carbonyl (C=O) groups is 1. The predicted molar refractivity (Wildman–Crippen MR) is 104 cm³/mol. The van der Waals surface area contributed by atoms with Gasteiger partial charge in [0, 0.05) is 17.0 Å². The minimum atomic E-state index is -0.400. The van der Waals surface area contributed by atoms with Crippen LogP contribution in [-0.4, -0.2) is 17.4 Å². The van der Waals surface area contributed by atoms with Crippen molar-refractivity contribution in [3.05, 3.63) is 83.2 Å². The van der Waals surface area contributed by atoms with E-state index in [0.29, 0.717) is 23.6 Å². The van der Waals surface area contributed by atoms with Crippen molar-refractivity contribution in [3.8, 4) is 0 Å². The molecule has 0 N–H and O–H groups in total. The van der Waals surface area contributed by atoms with Crippen LogP contribution in [0.3, 0.4) is 0 Å². The van der Waals surface area contributed by atoms with E-state index in [1.54, 1.807) is 0 Å². The molecule has 0 bridgehead atoms. The van der Waals surface area contributed by atoms with Crippen LogP contribution < -0.4 is 0 Å². The van der Waals surface area contributed by atoms with E-state index >= 15 is 0 Å². The smallest absolute Gasteiger partial charge is 0.180 e. The first-order valence-electron chi connectivity index (χ1n) is 9.11. The molecule has 0 saturated carbocycles. The molecule has 130 valence electrons.